The van der Waals surface area contributed by atoms with Gasteiger partial charge in [0.05, 0.1) is 10.2 Å². The molecule has 1 N–H and O–H groups in total. The van der Waals surface area contributed by atoms with Crippen molar-refractivity contribution < 1.29 is 4.74 Å². The molecule has 0 amide bonds. The fourth-order valence-corrected chi connectivity index (χ4v) is 2.75. The number of hydrogen-bond donors (Lipinski definition) is 1. The minimum absolute atomic E-state index is 0.0475. The van der Waals surface area contributed by atoms with Gasteiger partial charge in [-0.3, -0.25) is 0 Å². The monoisotopic (exact) mass is 357 g/mol. The molecule has 1 heterocycles. The van der Waals surface area contributed by atoms with E-state index < -0.39 is 0 Å². The van der Waals surface area contributed by atoms with Gasteiger partial charge in [0.25, 0.3) is 0 Å². The van der Waals surface area contributed by atoms with Crippen LogP contribution in [0.15, 0.2) is 4.47 Å². The van der Waals surface area contributed by atoms with E-state index in [1.807, 2.05) is 0 Å². The lowest BCUT2D eigenvalue weighted by molar-refractivity contribution is 0.00858. The van der Waals surface area contributed by atoms with Gasteiger partial charge in [-0.2, -0.15) is 0 Å². The van der Waals surface area contributed by atoms with Gasteiger partial charge in [-0.25, -0.2) is 9.97 Å². The van der Waals surface area contributed by atoms with Crippen LogP contribution in [0.1, 0.15) is 65.1 Å². The SMILES string of the molecule is CCCNc1nc(C(OC)C(C)(C)C)nc(CCC)c1Br. The van der Waals surface area contributed by atoms with Crippen LogP contribution >= 0.6 is 15.9 Å². The second-order valence-corrected chi connectivity index (χ2v) is 7.14. The van der Waals surface area contributed by atoms with E-state index in [4.69, 9.17) is 14.7 Å². The second kappa shape index (κ2) is 8.08. The summed E-state index contributed by atoms with van der Waals surface area (Å²) in [4.78, 5) is 9.44. The van der Waals surface area contributed by atoms with Gasteiger partial charge in [0.2, 0.25) is 0 Å². The summed E-state index contributed by atoms with van der Waals surface area (Å²) in [5.74, 6) is 1.63. The molecule has 120 valence electrons. The maximum absolute atomic E-state index is 5.67. The van der Waals surface area contributed by atoms with Crippen LogP contribution in [-0.2, 0) is 11.2 Å². The number of aromatic nitrogens is 2. The Morgan fingerprint density at radius 1 is 1.19 bits per heavy atom. The lowest BCUT2D eigenvalue weighted by atomic mass is 9.88. The van der Waals surface area contributed by atoms with Gasteiger partial charge in [-0.15, -0.1) is 0 Å². The highest BCUT2D eigenvalue weighted by Gasteiger charge is 2.30. The average Bonchev–Trinajstić information content (AvgIpc) is 2.40. The van der Waals surface area contributed by atoms with Crippen LogP contribution in [0, 0.1) is 5.41 Å². The molecular formula is C16H28BrN3O. The minimum Gasteiger partial charge on any atom is -0.373 e. The zero-order chi connectivity index (χ0) is 16.0. The molecule has 0 aliphatic heterocycles. The fourth-order valence-electron chi connectivity index (χ4n) is 2.24. The normalized spacial score (nSPS) is 13.3. The topological polar surface area (TPSA) is 47.0 Å². The molecule has 0 spiro atoms. The molecular weight excluding hydrogens is 330 g/mol. The highest BCUT2D eigenvalue weighted by atomic mass is 79.9. The van der Waals surface area contributed by atoms with Gasteiger partial charge in [0, 0.05) is 13.7 Å². The highest BCUT2D eigenvalue weighted by Crippen LogP contribution is 2.36. The number of methoxy groups -OCH3 is 1. The zero-order valence-electron chi connectivity index (χ0n) is 14.1. The standard InChI is InChI=1S/C16H28BrN3O/c1-7-9-11-12(17)14(18-10-8-2)20-15(19-11)13(21-6)16(3,4)5/h13H,7-10H2,1-6H3,(H,18,19,20). The van der Waals surface area contributed by atoms with Crippen molar-refractivity contribution in [2.24, 2.45) is 5.41 Å². The van der Waals surface area contributed by atoms with Crippen LogP contribution in [-0.4, -0.2) is 23.6 Å². The molecule has 5 heteroatoms. The number of nitrogens with zero attached hydrogens (tertiary/aromatic N) is 2. The summed E-state index contributed by atoms with van der Waals surface area (Å²) in [6.45, 7) is 11.6. The van der Waals surface area contributed by atoms with E-state index >= 15 is 0 Å². The summed E-state index contributed by atoms with van der Waals surface area (Å²) in [7, 11) is 1.72. The molecule has 1 aromatic rings. The summed E-state index contributed by atoms with van der Waals surface area (Å²) in [5.41, 5.74) is 1.00. The van der Waals surface area contributed by atoms with Crippen LogP contribution in [0.3, 0.4) is 0 Å². The first kappa shape index (κ1) is 18.4. The first-order chi connectivity index (χ1) is 9.85. The quantitative estimate of drug-likeness (QED) is 0.764. The molecule has 1 rings (SSSR count). The van der Waals surface area contributed by atoms with E-state index in [9.17, 15) is 0 Å². The van der Waals surface area contributed by atoms with Crippen molar-refractivity contribution in [2.75, 3.05) is 19.0 Å². The Balaban J connectivity index is 3.27. The van der Waals surface area contributed by atoms with E-state index in [0.29, 0.717) is 0 Å². The van der Waals surface area contributed by atoms with E-state index in [1.54, 1.807) is 7.11 Å². The van der Waals surface area contributed by atoms with Crippen LogP contribution in [0.25, 0.3) is 0 Å². The molecule has 0 aromatic carbocycles. The summed E-state index contributed by atoms with van der Waals surface area (Å²) in [5, 5.41) is 3.38. The number of nitrogens with one attached hydrogen (secondary N) is 1. The average molecular weight is 358 g/mol. The number of aryl methyl sites for hydroxylation is 1. The van der Waals surface area contributed by atoms with Gasteiger partial charge in [-0.05, 0) is 34.2 Å². The third-order valence-electron chi connectivity index (χ3n) is 3.22. The second-order valence-electron chi connectivity index (χ2n) is 6.35. The Morgan fingerprint density at radius 2 is 1.86 bits per heavy atom. The molecule has 0 fully saturated rings. The van der Waals surface area contributed by atoms with Crippen molar-refractivity contribution in [3.05, 3.63) is 16.0 Å². The minimum atomic E-state index is -0.122. The van der Waals surface area contributed by atoms with Gasteiger partial charge in [0.15, 0.2) is 5.82 Å². The first-order valence-corrected chi connectivity index (χ1v) is 8.47. The summed E-state index contributed by atoms with van der Waals surface area (Å²) >= 11 is 3.64. The molecule has 0 saturated carbocycles. The van der Waals surface area contributed by atoms with Crippen LogP contribution < -0.4 is 5.32 Å². The molecule has 4 nitrogen and oxygen atoms in total. The first-order valence-electron chi connectivity index (χ1n) is 7.68. The van der Waals surface area contributed by atoms with Crippen molar-refractivity contribution in [1.82, 2.24) is 9.97 Å². The maximum atomic E-state index is 5.67. The summed E-state index contributed by atoms with van der Waals surface area (Å²) in [6, 6.07) is 0. The smallest absolute Gasteiger partial charge is 0.160 e. The third-order valence-corrected chi connectivity index (χ3v) is 4.06. The van der Waals surface area contributed by atoms with Crippen molar-refractivity contribution in [2.45, 2.75) is 60.0 Å². The fraction of sp³-hybridized carbons (Fsp3) is 0.750. The number of rotatable bonds is 7. The molecule has 21 heavy (non-hydrogen) atoms. The largest absolute Gasteiger partial charge is 0.373 e. The Kier molecular flexibility index (Phi) is 7.07. The Bertz CT molecular complexity index is 458. The van der Waals surface area contributed by atoms with Crippen molar-refractivity contribution >= 4 is 21.7 Å². The third kappa shape index (κ3) is 4.92. The predicted molar refractivity (Wildman–Crippen MR) is 91.7 cm³/mol. The lowest BCUT2D eigenvalue weighted by Crippen LogP contribution is -2.23. The van der Waals surface area contributed by atoms with Gasteiger partial charge in [0.1, 0.15) is 11.9 Å². The molecule has 0 radical (unpaired) electrons. The number of hydrogen-bond acceptors (Lipinski definition) is 4. The van der Waals surface area contributed by atoms with Crippen molar-refractivity contribution in [3.8, 4) is 0 Å². The summed E-state index contributed by atoms with van der Waals surface area (Å²) in [6.07, 6.45) is 2.91. The van der Waals surface area contributed by atoms with E-state index in [-0.39, 0.29) is 11.5 Å². The number of anilines is 1. The molecule has 0 aliphatic rings. The van der Waals surface area contributed by atoms with E-state index in [1.165, 1.54) is 0 Å². The Hall–Kier alpha value is -0.680. The van der Waals surface area contributed by atoms with Gasteiger partial charge in [-0.1, -0.05) is 41.0 Å². The zero-order valence-corrected chi connectivity index (χ0v) is 15.7. The highest BCUT2D eigenvalue weighted by molar-refractivity contribution is 9.10. The van der Waals surface area contributed by atoms with Crippen LogP contribution in [0.2, 0.25) is 0 Å². The number of halogens is 1. The van der Waals surface area contributed by atoms with Gasteiger partial charge < -0.3 is 10.1 Å². The van der Waals surface area contributed by atoms with Crippen molar-refractivity contribution in [1.29, 1.82) is 0 Å². The lowest BCUT2D eigenvalue weighted by Gasteiger charge is -2.28. The van der Waals surface area contributed by atoms with Crippen LogP contribution in [0.5, 0.6) is 0 Å². The molecule has 1 atom stereocenters. The van der Waals surface area contributed by atoms with E-state index in [2.05, 4.69) is 55.9 Å². The van der Waals surface area contributed by atoms with Gasteiger partial charge >= 0.3 is 0 Å². The number of ether oxygens (including phenoxy) is 1. The predicted octanol–water partition coefficient (Wildman–Crippen LogP) is 4.75. The molecule has 0 aliphatic carbocycles. The Morgan fingerprint density at radius 3 is 2.33 bits per heavy atom. The molecule has 0 bridgehead atoms. The van der Waals surface area contributed by atoms with Crippen molar-refractivity contribution in [3.63, 3.8) is 0 Å². The maximum Gasteiger partial charge on any atom is 0.160 e. The van der Waals surface area contributed by atoms with Crippen LogP contribution in [0.4, 0.5) is 5.82 Å². The molecule has 1 aromatic heterocycles. The molecule has 0 saturated heterocycles. The summed E-state index contributed by atoms with van der Waals surface area (Å²) < 4.78 is 6.64. The molecule has 1 unspecified atom stereocenters. The van der Waals surface area contributed by atoms with E-state index in [0.717, 1.165) is 47.6 Å². The Labute approximate surface area is 137 Å².